The lowest BCUT2D eigenvalue weighted by Gasteiger charge is -2.08. The molecule has 0 radical (unpaired) electrons. The van der Waals surface area contributed by atoms with Gasteiger partial charge in [-0.2, -0.15) is 0 Å². The van der Waals surface area contributed by atoms with Crippen molar-refractivity contribution in [2.45, 2.75) is 6.42 Å². The summed E-state index contributed by atoms with van der Waals surface area (Å²) in [5, 5.41) is 7.56. The maximum absolute atomic E-state index is 12.1. The van der Waals surface area contributed by atoms with Crippen LogP contribution in [0.2, 0.25) is 0 Å². The van der Waals surface area contributed by atoms with Crippen LogP contribution in [0.25, 0.3) is 5.69 Å². The molecule has 5 nitrogen and oxygen atoms in total. The zero-order chi connectivity index (χ0) is 17.5. The van der Waals surface area contributed by atoms with Crippen molar-refractivity contribution < 1.29 is 9.59 Å². The number of hydrogen-bond acceptors (Lipinski definition) is 3. The van der Waals surface area contributed by atoms with E-state index in [-0.39, 0.29) is 11.8 Å². The third-order valence-electron chi connectivity index (χ3n) is 3.68. The Morgan fingerprint density at radius 1 is 0.920 bits per heavy atom. The summed E-state index contributed by atoms with van der Waals surface area (Å²) in [7, 11) is 0. The van der Waals surface area contributed by atoms with Crippen molar-refractivity contribution in [3.05, 3.63) is 76.7 Å². The van der Waals surface area contributed by atoms with Crippen molar-refractivity contribution in [2.24, 2.45) is 0 Å². The molecule has 0 unspecified atom stereocenters. The van der Waals surface area contributed by atoms with E-state index in [2.05, 4.69) is 10.6 Å². The van der Waals surface area contributed by atoms with E-state index in [1.54, 1.807) is 23.5 Å². The Hall–Kier alpha value is -2.86. The van der Waals surface area contributed by atoms with Crippen LogP contribution >= 0.6 is 11.3 Å². The van der Waals surface area contributed by atoms with Gasteiger partial charge in [-0.15, -0.1) is 11.3 Å². The molecule has 25 heavy (non-hydrogen) atoms. The lowest BCUT2D eigenvalue weighted by Crippen LogP contribution is -2.35. The summed E-state index contributed by atoms with van der Waals surface area (Å²) < 4.78 is 1.98. The largest absolute Gasteiger partial charge is 0.354 e. The van der Waals surface area contributed by atoms with Crippen molar-refractivity contribution in [3.8, 4) is 5.69 Å². The molecule has 0 aliphatic rings. The van der Waals surface area contributed by atoms with Gasteiger partial charge in [0.15, 0.2) is 0 Å². The third kappa shape index (κ3) is 4.81. The molecule has 6 heteroatoms. The minimum atomic E-state index is -0.147. The molecule has 0 spiro atoms. The molecule has 0 aliphatic carbocycles. The van der Waals surface area contributed by atoms with Gasteiger partial charge in [-0.05, 0) is 47.8 Å². The van der Waals surface area contributed by atoms with Crippen molar-refractivity contribution in [1.82, 2.24) is 15.2 Å². The van der Waals surface area contributed by atoms with Crippen molar-refractivity contribution in [3.63, 3.8) is 0 Å². The minimum Gasteiger partial charge on any atom is -0.354 e. The quantitative estimate of drug-likeness (QED) is 0.642. The maximum atomic E-state index is 12.1. The number of rotatable bonds is 7. The highest BCUT2D eigenvalue weighted by molar-refractivity contribution is 7.10. The number of thiophene rings is 1. The number of nitrogens with one attached hydrogen (secondary N) is 2. The molecular weight excluding hydrogens is 334 g/mol. The summed E-state index contributed by atoms with van der Waals surface area (Å²) in [5.41, 5.74) is 1.60. The molecule has 2 aromatic heterocycles. The first-order chi connectivity index (χ1) is 12.2. The number of carbonyl (C=O) groups excluding carboxylic acids is 2. The van der Waals surface area contributed by atoms with Gasteiger partial charge in [-0.3, -0.25) is 9.59 Å². The average Bonchev–Trinajstić information content (AvgIpc) is 3.32. The predicted octanol–water partition coefficient (Wildman–Crippen LogP) is 2.63. The van der Waals surface area contributed by atoms with Crippen LogP contribution in [-0.2, 0) is 11.2 Å². The van der Waals surface area contributed by atoms with E-state index in [1.165, 1.54) is 0 Å². The van der Waals surface area contributed by atoms with E-state index >= 15 is 0 Å². The van der Waals surface area contributed by atoms with Crippen LogP contribution in [0.4, 0.5) is 0 Å². The van der Waals surface area contributed by atoms with Crippen LogP contribution < -0.4 is 10.6 Å². The van der Waals surface area contributed by atoms with Gasteiger partial charge in [0.05, 0.1) is 6.42 Å². The Morgan fingerprint density at radius 3 is 2.32 bits per heavy atom. The molecular formula is C19H19N3O2S. The van der Waals surface area contributed by atoms with Crippen LogP contribution in [0, 0.1) is 0 Å². The van der Waals surface area contributed by atoms with Gasteiger partial charge in [-0.1, -0.05) is 6.07 Å². The molecule has 2 amide bonds. The first-order valence-electron chi connectivity index (χ1n) is 8.03. The van der Waals surface area contributed by atoms with Crippen LogP contribution in [0.1, 0.15) is 15.2 Å². The van der Waals surface area contributed by atoms with Gasteiger partial charge in [0.2, 0.25) is 5.91 Å². The number of amides is 2. The molecule has 1 aromatic carbocycles. The standard InChI is InChI=1S/C19H19N3O2S/c23-18(14-17-4-3-13-25-17)20-9-10-21-19(24)15-5-7-16(8-6-15)22-11-1-2-12-22/h1-8,11-13H,9-10,14H2,(H,20,23)(H,21,24). The molecule has 2 heterocycles. The molecule has 0 saturated carbocycles. The van der Waals surface area contributed by atoms with Gasteiger partial charge in [-0.25, -0.2) is 0 Å². The highest BCUT2D eigenvalue weighted by Gasteiger charge is 2.06. The number of nitrogens with zero attached hydrogens (tertiary/aromatic N) is 1. The predicted molar refractivity (Wildman–Crippen MR) is 99.1 cm³/mol. The van der Waals surface area contributed by atoms with Gasteiger partial charge >= 0.3 is 0 Å². The van der Waals surface area contributed by atoms with Crippen molar-refractivity contribution >= 4 is 23.2 Å². The summed E-state index contributed by atoms with van der Waals surface area (Å²) >= 11 is 1.56. The van der Waals surface area contributed by atoms with Crippen molar-refractivity contribution in [2.75, 3.05) is 13.1 Å². The number of benzene rings is 1. The van der Waals surface area contributed by atoms with E-state index in [0.717, 1.165) is 10.6 Å². The fourth-order valence-electron chi connectivity index (χ4n) is 2.41. The monoisotopic (exact) mass is 353 g/mol. The fourth-order valence-corrected chi connectivity index (χ4v) is 3.11. The molecule has 0 atom stereocenters. The van der Waals surface area contributed by atoms with E-state index < -0.39 is 0 Å². The fraction of sp³-hybridized carbons (Fsp3) is 0.158. The maximum Gasteiger partial charge on any atom is 0.251 e. The summed E-state index contributed by atoms with van der Waals surface area (Å²) in [6.07, 6.45) is 4.29. The third-order valence-corrected chi connectivity index (χ3v) is 4.56. The molecule has 3 aromatic rings. The van der Waals surface area contributed by atoms with Gasteiger partial charge in [0.1, 0.15) is 0 Å². The molecule has 0 fully saturated rings. The van der Waals surface area contributed by atoms with Crippen molar-refractivity contribution in [1.29, 1.82) is 0 Å². The zero-order valence-electron chi connectivity index (χ0n) is 13.6. The lowest BCUT2D eigenvalue weighted by molar-refractivity contribution is -0.120. The molecule has 3 rings (SSSR count). The van der Waals surface area contributed by atoms with Crippen LogP contribution in [-0.4, -0.2) is 29.5 Å². The smallest absolute Gasteiger partial charge is 0.251 e. The van der Waals surface area contributed by atoms with E-state index in [1.807, 2.05) is 58.7 Å². The summed E-state index contributed by atoms with van der Waals surface area (Å²) in [6.45, 7) is 0.811. The highest BCUT2D eigenvalue weighted by Crippen LogP contribution is 2.10. The Balaban J connectivity index is 1.41. The highest BCUT2D eigenvalue weighted by atomic mass is 32.1. The van der Waals surface area contributed by atoms with E-state index in [4.69, 9.17) is 0 Å². The van der Waals surface area contributed by atoms with E-state index in [0.29, 0.717) is 25.1 Å². The lowest BCUT2D eigenvalue weighted by atomic mass is 10.2. The number of carbonyl (C=O) groups is 2. The first-order valence-corrected chi connectivity index (χ1v) is 8.91. The minimum absolute atomic E-state index is 0.0345. The van der Waals surface area contributed by atoms with Gasteiger partial charge in [0.25, 0.3) is 5.91 Å². The first kappa shape index (κ1) is 17.0. The number of hydrogen-bond donors (Lipinski definition) is 2. The zero-order valence-corrected chi connectivity index (χ0v) is 14.5. The molecule has 0 aliphatic heterocycles. The Bertz CT molecular complexity index is 809. The van der Waals surface area contributed by atoms with Gasteiger partial charge in [0, 0.05) is 41.6 Å². The van der Waals surface area contributed by atoms with Crippen LogP contribution in [0.15, 0.2) is 66.3 Å². The second kappa shape index (κ2) is 8.30. The Kier molecular flexibility index (Phi) is 5.64. The normalized spacial score (nSPS) is 10.4. The molecule has 0 bridgehead atoms. The Morgan fingerprint density at radius 2 is 1.64 bits per heavy atom. The second-order valence-corrected chi connectivity index (χ2v) is 6.53. The molecule has 0 saturated heterocycles. The van der Waals surface area contributed by atoms with E-state index in [9.17, 15) is 9.59 Å². The Labute approximate surface area is 150 Å². The summed E-state index contributed by atoms with van der Waals surface area (Å²) in [4.78, 5) is 24.9. The summed E-state index contributed by atoms with van der Waals surface area (Å²) in [5.74, 6) is -0.181. The number of aromatic nitrogens is 1. The second-order valence-electron chi connectivity index (χ2n) is 5.50. The van der Waals surface area contributed by atoms with Crippen LogP contribution in [0.3, 0.4) is 0 Å². The molecule has 2 N–H and O–H groups in total. The summed E-state index contributed by atoms with van der Waals surface area (Å²) in [6, 6.07) is 15.1. The SMILES string of the molecule is O=C(Cc1cccs1)NCCNC(=O)c1ccc(-n2cccc2)cc1. The topological polar surface area (TPSA) is 63.1 Å². The average molecular weight is 353 g/mol. The molecule has 128 valence electrons. The van der Waals surface area contributed by atoms with Crippen LogP contribution in [0.5, 0.6) is 0 Å². The van der Waals surface area contributed by atoms with Gasteiger partial charge < -0.3 is 15.2 Å².